The normalized spacial score (nSPS) is 18.2. The molecule has 1 N–H and O–H groups in total. The van der Waals surface area contributed by atoms with Gasteiger partial charge in [0.05, 0.1) is 12.6 Å². The molecule has 0 spiro atoms. The molecule has 2 heterocycles. The van der Waals surface area contributed by atoms with Gasteiger partial charge in [-0.3, -0.25) is 9.59 Å². The van der Waals surface area contributed by atoms with Gasteiger partial charge in [0.15, 0.2) is 0 Å². The zero-order valence-electron chi connectivity index (χ0n) is 26.9. The summed E-state index contributed by atoms with van der Waals surface area (Å²) in [6.07, 6.45) is 3.30. The number of benzene rings is 3. The number of carbonyl (C=O) groups excluding carboxylic acids is 2. The lowest BCUT2D eigenvalue weighted by atomic mass is 9.82. The highest BCUT2D eigenvalue weighted by Crippen LogP contribution is 2.35. The Morgan fingerprint density at radius 2 is 1.66 bits per heavy atom. The molecule has 0 saturated carbocycles. The second-order valence-electron chi connectivity index (χ2n) is 13.3. The van der Waals surface area contributed by atoms with Crippen molar-refractivity contribution in [2.24, 2.45) is 0 Å². The minimum Gasteiger partial charge on any atom is -0.493 e. The fraction of sp³-hybridized carbons (Fsp3) is 0.421. The van der Waals surface area contributed by atoms with Crippen LogP contribution < -0.4 is 10.1 Å². The first kappa shape index (κ1) is 31.5. The number of carbonyl (C=O) groups is 2. The number of likely N-dealkylation sites (N-methyl/N-ethyl adjacent to an activating group) is 1. The van der Waals surface area contributed by atoms with E-state index in [1.54, 1.807) is 6.92 Å². The third-order valence-electron chi connectivity index (χ3n) is 8.84. The summed E-state index contributed by atoms with van der Waals surface area (Å²) in [7, 11) is 1.89. The average Bonchev–Trinajstić information content (AvgIpc) is 3.01. The first-order valence-corrected chi connectivity index (χ1v) is 16.0. The van der Waals surface area contributed by atoms with Crippen molar-refractivity contribution in [3.8, 4) is 5.75 Å². The first-order valence-electron chi connectivity index (χ1n) is 16.0. The molecular weight excluding hydrogens is 546 g/mol. The monoisotopic (exact) mass is 593 g/mol. The summed E-state index contributed by atoms with van der Waals surface area (Å²) in [5.74, 6) is 1.05. The maximum atomic E-state index is 14.1. The van der Waals surface area contributed by atoms with Gasteiger partial charge in [0.25, 0.3) is 5.91 Å². The molecule has 1 fully saturated rings. The van der Waals surface area contributed by atoms with Crippen LogP contribution in [0.25, 0.3) is 5.57 Å². The number of hydrogen-bond donors (Lipinski definition) is 1. The highest BCUT2D eigenvalue weighted by atomic mass is 16.5. The van der Waals surface area contributed by atoms with Crippen LogP contribution in [-0.4, -0.2) is 67.0 Å². The van der Waals surface area contributed by atoms with E-state index in [9.17, 15) is 9.59 Å². The van der Waals surface area contributed by atoms with Crippen LogP contribution in [0, 0.1) is 0 Å². The predicted octanol–water partition coefficient (Wildman–Crippen LogP) is 6.04. The summed E-state index contributed by atoms with van der Waals surface area (Å²) in [5.41, 5.74) is 6.70. The van der Waals surface area contributed by atoms with E-state index in [4.69, 9.17) is 4.74 Å². The van der Waals surface area contributed by atoms with Crippen LogP contribution in [0.3, 0.4) is 0 Å². The second kappa shape index (κ2) is 13.8. The van der Waals surface area contributed by atoms with Gasteiger partial charge in [-0.25, -0.2) is 0 Å². The van der Waals surface area contributed by atoms with Gasteiger partial charge in [-0.2, -0.15) is 0 Å². The van der Waals surface area contributed by atoms with Crippen molar-refractivity contribution in [2.75, 3.05) is 33.3 Å². The van der Waals surface area contributed by atoms with E-state index < -0.39 is 0 Å². The van der Waals surface area contributed by atoms with Gasteiger partial charge >= 0.3 is 0 Å². The van der Waals surface area contributed by atoms with Gasteiger partial charge < -0.3 is 19.9 Å². The molecule has 0 aliphatic carbocycles. The molecule has 0 unspecified atom stereocenters. The molecule has 2 aliphatic heterocycles. The Morgan fingerprint density at radius 1 is 0.932 bits per heavy atom. The molecule has 6 heteroatoms. The van der Waals surface area contributed by atoms with Gasteiger partial charge in [-0.1, -0.05) is 93.6 Å². The second-order valence-corrected chi connectivity index (χ2v) is 13.3. The zero-order chi connectivity index (χ0) is 31.3. The summed E-state index contributed by atoms with van der Waals surface area (Å²) < 4.78 is 6.24. The van der Waals surface area contributed by atoms with E-state index in [1.807, 2.05) is 41.1 Å². The Balaban J connectivity index is 1.34. The van der Waals surface area contributed by atoms with Crippen LogP contribution >= 0.6 is 0 Å². The smallest absolute Gasteiger partial charge is 0.251 e. The van der Waals surface area contributed by atoms with Crippen LogP contribution in [0.15, 0.2) is 84.4 Å². The highest BCUT2D eigenvalue weighted by Gasteiger charge is 2.39. The van der Waals surface area contributed by atoms with E-state index in [0.29, 0.717) is 32.7 Å². The summed E-state index contributed by atoms with van der Waals surface area (Å²) >= 11 is 0. The number of amides is 2. The van der Waals surface area contributed by atoms with Gasteiger partial charge in [-0.05, 0) is 65.0 Å². The van der Waals surface area contributed by atoms with E-state index in [2.05, 4.69) is 80.7 Å². The quantitative estimate of drug-likeness (QED) is 0.291. The molecule has 1 saturated heterocycles. The molecule has 3 aromatic rings. The lowest BCUT2D eigenvalue weighted by Crippen LogP contribution is -2.61. The summed E-state index contributed by atoms with van der Waals surface area (Å²) in [5, 5.41) is 3.67. The van der Waals surface area contributed by atoms with E-state index in [0.717, 1.165) is 41.7 Å². The molecule has 6 nitrogen and oxygen atoms in total. The largest absolute Gasteiger partial charge is 0.493 e. The minimum absolute atomic E-state index is 0.0258. The topological polar surface area (TPSA) is 61.9 Å². The average molecular weight is 594 g/mol. The van der Waals surface area contributed by atoms with Crippen LogP contribution in [0.5, 0.6) is 5.75 Å². The van der Waals surface area contributed by atoms with Crippen molar-refractivity contribution in [1.82, 2.24) is 15.1 Å². The molecule has 2 atom stereocenters. The minimum atomic E-state index is -0.187. The Morgan fingerprint density at radius 3 is 2.41 bits per heavy atom. The molecule has 0 aromatic heterocycles. The molecular formula is C38H47N3O3. The number of piperazine rings is 1. The van der Waals surface area contributed by atoms with Crippen molar-refractivity contribution in [3.63, 3.8) is 0 Å². The van der Waals surface area contributed by atoms with Gasteiger partial charge in [0.1, 0.15) is 5.75 Å². The summed E-state index contributed by atoms with van der Waals surface area (Å²) in [4.78, 5) is 30.2. The lowest BCUT2D eigenvalue weighted by Gasteiger charge is -2.44. The fourth-order valence-corrected chi connectivity index (χ4v) is 6.46. The molecule has 44 heavy (non-hydrogen) atoms. The predicted molar refractivity (Wildman–Crippen MR) is 178 cm³/mol. The maximum Gasteiger partial charge on any atom is 0.251 e. The third kappa shape index (κ3) is 7.59. The van der Waals surface area contributed by atoms with E-state index in [-0.39, 0.29) is 29.3 Å². The SMILES string of the molecule is CC(=O)N1C[C@H]2CC(c3cccc(CCCOc4ccccc4C(C)(C)C)c3)=C(C(=O)N(C)CCc3ccccc3)[C@@H](C1)N2. The van der Waals surface area contributed by atoms with E-state index in [1.165, 1.54) is 16.7 Å². The Hall–Kier alpha value is -3.90. The lowest BCUT2D eigenvalue weighted by molar-refractivity contribution is -0.132. The molecule has 5 rings (SSSR count). The molecule has 0 radical (unpaired) electrons. The van der Waals surface area contributed by atoms with Crippen molar-refractivity contribution < 1.29 is 14.3 Å². The molecule has 2 bridgehead atoms. The van der Waals surface area contributed by atoms with Crippen molar-refractivity contribution in [3.05, 3.63) is 107 Å². The molecule has 3 aromatic carbocycles. The standard InChI is InChI=1S/C38H47N3O3/c1-27(42)41-25-31-24-32(36(34(26-41)39-31)37(43)40(5)21-20-28-13-7-6-8-14-28)30-17-11-15-29(23-30)16-12-22-44-35-19-10-9-18-33(35)38(2,3)4/h6-11,13-15,17-19,23,31,34,39H,12,16,20-22,24-26H2,1-5H3/t31-,34-/m1/s1. The van der Waals surface area contributed by atoms with Gasteiger partial charge in [-0.15, -0.1) is 0 Å². The van der Waals surface area contributed by atoms with Crippen molar-refractivity contribution in [2.45, 2.75) is 70.9 Å². The number of nitrogens with zero attached hydrogens (tertiary/aromatic N) is 2. The highest BCUT2D eigenvalue weighted by molar-refractivity contribution is 6.03. The number of para-hydroxylation sites is 1. The van der Waals surface area contributed by atoms with Crippen molar-refractivity contribution in [1.29, 1.82) is 0 Å². The Bertz CT molecular complexity index is 1490. The Labute approximate surface area is 263 Å². The fourth-order valence-electron chi connectivity index (χ4n) is 6.46. The number of ether oxygens (including phenoxy) is 1. The van der Waals surface area contributed by atoms with Gasteiger partial charge in [0.2, 0.25) is 5.91 Å². The number of rotatable bonds is 10. The summed E-state index contributed by atoms with van der Waals surface area (Å²) in [6.45, 7) is 10.7. The molecule has 2 amide bonds. The van der Waals surface area contributed by atoms with E-state index >= 15 is 0 Å². The number of hydrogen-bond acceptors (Lipinski definition) is 4. The van der Waals surface area contributed by atoms with Crippen LogP contribution in [0.2, 0.25) is 0 Å². The van der Waals surface area contributed by atoms with Crippen molar-refractivity contribution >= 4 is 17.4 Å². The van der Waals surface area contributed by atoms with Crippen LogP contribution in [0.1, 0.15) is 62.8 Å². The zero-order valence-corrected chi connectivity index (χ0v) is 26.9. The third-order valence-corrected chi connectivity index (χ3v) is 8.84. The van der Waals surface area contributed by atoms with Gasteiger partial charge in [0, 0.05) is 45.2 Å². The number of fused-ring (bicyclic) bond motifs is 2. The summed E-state index contributed by atoms with van der Waals surface area (Å²) in [6, 6.07) is 27.2. The van der Waals surface area contributed by atoms with Crippen LogP contribution in [0.4, 0.5) is 0 Å². The Kier molecular flexibility index (Phi) is 9.90. The molecule has 2 aliphatic rings. The first-order chi connectivity index (χ1) is 21.1. The number of nitrogens with one attached hydrogen (secondary N) is 1. The maximum absolute atomic E-state index is 14.1. The number of aryl methyl sites for hydroxylation is 1. The molecule has 232 valence electrons. The van der Waals surface area contributed by atoms with Crippen LogP contribution in [-0.2, 0) is 27.8 Å².